The number of benzene rings is 1. The molecule has 4 heteroatoms. The van der Waals surface area contributed by atoms with Crippen molar-refractivity contribution in [2.75, 3.05) is 0 Å². The Kier molecular flexibility index (Phi) is 2.08. The highest BCUT2D eigenvalue weighted by Gasteiger charge is 2.22. The van der Waals surface area contributed by atoms with Gasteiger partial charge in [0, 0.05) is 11.8 Å². The third-order valence-electron chi connectivity index (χ3n) is 2.73. The largest absolute Gasteiger partial charge is 0.508 e. The lowest BCUT2D eigenvalue weighted by Crippen LogP contribution is -1.95. The maximum Gasteiger partial charge on any atom is 0.340 e. The van der Waals surface area contributed by atoms with E-state index in [1.54, 1.807) is 36.5 Å². The predicted molar refractivity (Wildman–Crippen MR) is 60.5 cm³/mol. The fourth-order valence-corrected chi connectivity index (χ4v) is 1.81. The molecule has 0 bridgehead atoms. The number of hydrogen-bond donors (Lipinski definition) is 1. The summed E-state index contributed by atoms with van der Waals surface area (Å²) >= 11 is 0. The van der Waals surface area contributed by atoms with Crippen LogP contribution in [0.15, 0.2) is 36.5 Å². The normalized spacial score (nSPS) is 13.3. The van der Waals surface area contributed by atoms with E-state index >= 15 is 0 Å². The molecule has 0 saturated carbocycles. The van der Waals surface area contributed by atoms with E-state index in [0.717, 1.165) is 11.1 Å². The van der Waals surface area contributed by atoms with Crippen molar-refractivity contribution in [3.63, 3.8) is 0 Å². The van der Waals surface area contributed by atoms with Crippen LogP contribution in [-0.2, 0) is 11.3 Å². The number of esters is 1. The first-order valence-corrected chi connectivity index (χ1v) is 5.19. The number of phenolic OH excluding ortho intramolecular Hbond substituents is 1. The molecule has 0 amide bonds. The molecule has 1 N–H and O–H groups in total. The van der Waals surface area contributed by atoms with Gasteiger partial charge < -0.3 is 9.84 Å². The van der Waals surface area contributed by atoms with Crippen LogP contribution in [0.2, 0.25) is 0 Å². The lowest BCUT2D eigenvalue weighted by atomic mass is 10.0. The van der Waals surface area contributed by atoms with Crippen LogP contribution in [0.3, 0.4) is 0 Å². The molecule has 3 rings (SSSR count). The van der Waals surface area contributed by atoms with Crippen LogP contribution in [-0.4, -0.2) is 16.1 Å². The molecular formula is C13H9NO3. The Balaban J connectivity index is 2.08. The summed E-state index contributed by atoms with van der Waals surface area (Å²) in [5.74, 6) is -0.115. The van der Waals surface area contributed by atoms with Gasteiger partial charge in [-0.3, -0.25) is 4.98 Å². The highest BCUT2D eigenvalue weighted by molar-refractivity contribution is 5.94. The highest BCUT2D eigenvalue weighted by Crippen LogP contribution is 2.26. The van der Waals surface area contributed by atoms with Crippen LogP contribution in [0.5, 0.6) is 5.75 Å². The minimum Gasteiger partial charge on any atom is -0.508 e. The number of cyclic esters (lactones) is 1. The number of ether oxygens (including phenoxy) is 1. The first kappa shape index (κ1) is 9.84. The van der Waals surface area contributed by atoms with Crippen molar-refractivity contribution in [2.45, 2.75) is 6.61 Å². The fourth-order valence-electron chi connectivity index (χ4n) is 1.81. The van der Waals surface area contributed by atoms with Crippen molar-refractivity contribution < 1.29 is 14.6 Å². The summed E-state index contributed by atoms with van der Waals surface area (Å²) in [7, 11) is 0. The van der Waals surface area contributed by atoms with Crippen LogP contribution >= 0.6 is 0 Å². The molecule has 0 saturated heterocycles. The first-order chi connectivity index (χ1) is 8.24. The van der Waals surface area contributed by atoms with E-state index in [0.29, 0.717) is 11.3 Å². The van der Waals surface area contributed by atoms with Gasteiger partial charge in [0.15, 0.2) is 0 Å². The summed E-state index contributed by atoms with van der Waals surface area (Å²) in [5.41, 5.74) is 2.94. The molecule has 1 aliphatic rings. The monoisotopic (exact) mass is 227 g/mol. The average Bonchev–Trinajstić information content (AvgIpc) is 2.72. The molecule has 1 aliphatic heterocycles. The summed E-state index contributed by atoms with van der Waals surface area (Å²) < 4.78 is 4.89. The maximum absolute atomic E-state index is 11.4. The molecule has 0 aliphatic carbocycles. The number of carbonyl (C=O) groups excluding carboxylic acids is 1. The topological polar surface area (TPSA) is 59.4 Å². The van der Waals surface area contributed by atoms with Gasteiger partial charge in [-0.05, 0) is 23.8 Å². The van der Waals surface area contributed by atoms with Crippen molar-refractivity contribution in [3.8, 4) is 16.9 Å². The minimum atomic E-state index is -0.326. The summed E-state index contributed by atoms with van der Waals surface area (Å²) in [4.78, 5) is 15.6. The zero-order chi connectivity index (χ0) is 11.8. The Hall–Kier alpha value is -2.36. The van der Waals surface area contributed by atoms with Gasteiger partial charge in [0.05, 0.1) is 11.3 Å². The molecule has 0 fully saturated rings. The van der Waals surface area contributed by atoms with Crippen LogP contribution < -0.4 is 0 Å². The fraction of sp³-hybridized carbons (Fsp3) is 0.0769. The summed E-state index contributed by atoms with van der Waals surface area (Å²) in [6.07, 6.45) is 1.70. The van der Waals surface area contributed by atoms with Crippen LogP contribution in [0.25, 0.3) is 11.1 Å². The molecule has 1 aromatic heterocycles. The number of phenols is 1. The molecule has 0 spiro atoms. The van der Waals surface area contributed by atoms with Crippen LogP contribution in [0.4, 0.5) is 0 Å². The second kappa shape index (κ2) is 3.59. The number of rotatable bonds is 1. The minimum absolute atomic E-state index is 0.210. The van der Waals surface area contributed by atoms with Gasteiger partial charge in [-0.1, -0.05) is 12.1 Å². The molecule has 0 atom stereocenters. The Morgan fingerprint density at radius 3 is 2.71 bits per heavy atom. The number of fused-ring (bicyclic) bond motifs is 1. The number of pyridine rings is 1. The van der Waals surface area contributed by atoms with Crippen molar-refractivity contribution in [2.24, 2.45) is 0 Å². The van der Waals surface area contributed by atoms with E-state index in [1.807, 2.05) is 0 Å². The van der Waals surface area contributed by atoms with Crippen molar-refractivity contribution in [3.05, 3.63) is 47.8 Å². The third kappa shape index (κ3) is 1.63. The van der Waals surface area contributed by atoms with E-state index in [2.05, 4.69) is 4.98 Å². The van der Waals surface area contributed by atoms with E-state index in [9.17, 15) is 9.90 Å². The lowest BCUT2D eigenvalue weighted by molar-refractivity contribution is 0.0533. The van der Waals surface area contributed by atoms with Gasteiger partial charge >= 0.3 is 5.97 Å². The van der Waals surface area contributed by atoms with Gasteiger partial charge in [0.1, 0.15) is 12.4 Å². The molecule has 0 radical (unpaired) electrons. The molecule has 17 heavy (non-hydrogen) atoms. The third-order valence-corrected chi connectivity index (χ3v) is 2.73. The van der Waals surface area contributed by atoms with Gasteiger partial charge in [0.2, 0.25) is 0 Å². The average molecular weight is 227 g/mol. The van der Waals surface area contributed by atoms with E-state index < -0.39 is 0 Å². The molecule has 84 valence electrons. The van der Waals surface area contributed by atoms with Crippen molar-refractivity contribution >= 4 is 5.97 Å². The number of hydrogen-bond acceptors (Lipinski definition) is 4. The van der Waals surface area contributed by atoms with Gasteiger partial charge in [-0.15, -0.1) is 0 Å². The zero-order valence-electron chi connectivity index (χ0n) is 8.88. The Bertz CT molecular complexity index is 590. The number of nitrogens with zero attached hydrogens (tertiary/aromatic N) is 1. The Morgan fingerprint density at radius 1 is 1.18 bits per heavy atom. The second-order valence-electron chi connectivity index (χ2n) is 3.84. The number of carbonyl (C=O) groups is 1. The number of aromatic hydroxyl groups is 1. The standard InChI is InChI=1S/C13H9NO3/c15-10-3-1-8(2-4-10)9-5-11-12(14-6-9)7-17-13(11)16/h1-6,15H,7H2. The lowest BCUT2D eigenvalue weighted by Gasteiger charge is -2.02. The molecule has 2 heterocycles. The second-order valence-corrected chi connectivity index (χ2v) is 3.84. The smallest absolute Gasteiger partial charge is 0.340 e. The van der Waals surface area contributed by atoms with Gasteiger partial charge in [-0.25, -0.2) is 4.79 Å². The molecule has 2 aromatic rings. The number of aromatic nitrogens is 1. The van der Waals surface area contributed by atoms with E-state index in [-0.39, 0.29) is 18.3 Å². The zero-order valence-corrected chi connectivity index (χ0v) is 8.88. The van der Waals surface area contributed by atoms with Crippen molar-refractivity contribution in [1.82, 2.24) is 4.98 Å². The maximum atomic E-state index is 11.4. The molecule has 0 unspecified atom stereocenters. The summed E-state index contributed by atoms with van der Waals surface area (Å²) in [6, 6.07) is 8.52. The molecule has 4 nitrogen and oxygen atoms in total. The highest BCUT2D eigenvalue weighted by atomic mass is 16.5. The summed E-state index contributed by atoms with van der Waals surface area (Å²) in [5, 5.41) is 9.21. The Morgan fingerprint density at radius 2 is 1.94 bits per heavy atom. The Labute approximate surface area is 97.5 Å². The van der Waals surface area contributed by atoms with Crippen LogP contribution in [0, 0.1) is 0 Å². The van der Waals surface area contributed by atoms with Gasteiger partial charge in [0.25, 0.3) is 0 Å². The van der Waals surface area contributed by atoms with Crippen molar-refractivity contribution in [1.29, 1.82) is 0 Å². The van der Waals surface area contributed by atoms with E-state index in [4.69, 9.17) is 4.74 Å². The predicted octanol–water partition coefficient (Wildman–Crippen LogP) is 2.12. The SMILES string of the molecule is O=C1OCc2ncc(-c3ccc(O)cc3)cc21. The molecular weight excluding hydrogens is 218 g/mol. The van der Waals surface area contributed by atoms with Gasteiger partial charge in [-0.2, -0.15) is 0 Å². The summed E-state index contributed by atoms with van der Waals surface area (Å²) in [6.45, 7) is 0.254. The van der Waals surface area contributed by atoms with E-state index in [1.165, 1.54) is 0 Å². The molecule has 1 aromatic carbocycles. The van der Waals surface area contributed by atoms with Crippen LogP contribution in [0.1, 0.15) is 16.1 Å². The quantitative estimate of drug-likeness (QED) is 0.758. The first-order valence-electron chi connectivity index (χ1n) is 5.19.